The van der Waals surface area contributed by atoms with Gasteiger partial charge in [-0.2, -0.15) is 0 Å². The first-order chi connectivity index (χ1) is 9.69. The zero-order valence-electron chi connectivity index (χ0n) is 11.8. The summed E-state index contributed by atoms with van der Waals surface area (Å²) in [6.45, 7) is 0.773. The normalized spacial score (nSPS) is 13.2. The van der Waals surface area contributed by atoms with Gasteiger partial charge in [0.2, 0.25) is 0 Å². The van der Waals surface area contributed by atoms with E-state index >= 15 is 0 Å². The predicted molar refractivity (Wildman–Crippen MR) is 89.6 cm³/mol. The summed E-state index contributed by atoms with van der Waals surface area (Å²) in [6, 6.07) is 6.13. The number of rotatable bonds is 4. The maximum absolute atomic E-state index is 13.4. The fraction of sp³-hybridized carbons (Fsp3) is 0.333. The minimum absolute atomic E-state index is 0. The molecule has 0 atom stereocenters. The van der Waals surface area contributed by atoms with Gasteiger partial charge in [0.1, 0.15) is 5.82 Å². The van der Waals surface area contributed by atoms with E-state index in [0.29, 0.717) is 35.5 Å². The van der Waals surface area contributed by atoms with E-state index in [-0.39, 0.29) is 36.5 Å². The maximum Gasteiger partial charge on any atom is 0.252 e. The molecule has 0 spiro atoms. The molecule has 0 aliphatic heterocycles. The van der Waals surface area contributed by atoms with E-state index in [0.717, 1.165) is 18.5 Å². The molecular formula is C15H18Cl2FN3O. The van der Waals surface area contributed by atoms with Crippen molar-refractivity contribution >= 4 is 41.6 Å². The maximum atomic E-state index is 13.4. The number of carbonyl (C=O) groups excluding carboxylic acids is 1. The van der Waals surface area contributed by atoms with Crippen LogP contribution in [-0.2, 0) is 0 Å². The number of aromatic nitrogens is 1. The largest absolute Gasteiger partial charge is 0.351 e. The van der Waals surface area contributed by atoms with Gasteiger partial charge in [0, 0.05) is 30.1 Å². The molecule has 1 aromatic heterocycles. The fourth-order valence-corrected chi connectivity index (χ4v) is 2.28. The van der Waals surface area contributed by atoms with Crippen LogP contribution in [0.2, 0.25) is 0 Å². The van der Waals surface area contributed by atoms with Gasteiger partial charge in [-0.15, -0.1) is 24.8 Å². The van der Waals surface area contributed by atoms with E-state index in [4.69, 9.17) is 5.73 Å². The number of pyridine rings is 1. The first-order valence-electron chi connectivity index (χ1n) is 6.77. The van der Waals surface area contributed by atoms with Gasteiger partial charge >= 0.3 is 0 Å². The number of halogens is 3. The second-order valence-corrected chi connectivity index (χ2v) is 5.08. The lowest BCUT2D eigenvalue weighted by Gasteiger charge is -2.09. The molecule has 3 rings (SSSR count). The van der Waals surface area contributed by atoms with Crippen LogP contribution in [0.5, 0.6) is 0 Å². The first-order valence-corrected chi connectivity index (χ1v) is 6.77. The number of carbonyl (C=O) groups is 1. The number of nitrogens with zero attached hydrogens (tertiary/aromatic N) is 1. The highest BCUT2D eigenvalue weighted by Crippen LogP contribution is 2.40. The number of hydrogen-bond acceptors (Lipinski definition) is 3. The van der Waals surface area contributed by atoms with E-state index < -0.39 is 0 Å². The average molecular weight is 346 g/mol. The molecule has 0 radical (unpaired) electrons. The van der Waals surface area contributed by atoms with Gasteiger partial charge < -0.3 is 11.1 Å². The van der Waals surface area contributed by atoms with Gasteiger partial charge in [0.15, 0.2) is 0 Å². The quantitative estimate of drug-likeness (QED) is 0.895. The van der Waals surface area contributed by atoms with Crippen LogP contribution < -0.4 is 11.1 Å². The van der Waals surface area contributed by atoms with Gasteiger partial charge in [-0.25, -0.2) is 4.39 Å². The number of benzene rings is 1. The second-order valence-electron chi connectivity index (χ2n) is 5.08. The van der Waals surface area contributed by atoms with Crippen LogP contribution in [-0.4, -0.2) is 24.0 Å². The molecule has 1 aliphatic rings. The minimum Gasteiger partial charge on any atom is -0.351 e. The van der Waals surface area contributed by atoms with Crippen LogP contribution in [0.25, 0.3) is 10.9 Å². The highest BCUT2D eigenvalue weighted by molar-refractivity contribution is 6.06. The Kier molecular flexibility index (Phi) is 6.53. The molecular weight excluding hydrogens is 328 g/mol. The summed E-state index contributed by atoms with van der Waals surface area (Å²) in [7, 11) is 0. The lowest BCUT2D eigenvalue weighted by atomic mass is 10.1. The van der Waals surface area contributed by atoms with Crippen molar-refractivity contribution in [2.24, 2.45) is 5.73 Å². The van der Waals surface area contributed by atoms with E-state index in [1.807, 2.05) is 0 Å². The van der Waals surface area contributed by atoms with E-state index in [2.05, 4.69) is 10.3 Å². The molecule has 0 bridgehead atoms. The van der Waals surface area contributed by atoms with Crippen molar-refractivity contribution in [1.29, 1.82) is 0 Å². The zero-order chi connectivity index (χ0) is 14.1. The highest BCUT2D eigenvalue weighted by atomic mass is 35.5. The lowest BCUT2D eigenvalue weighted by Crippen LogP contribution is -2.29. The molecule has 1 fully saturated rings. The molecule has 0 saturated heterocycles. The van der Waals surface area contributed by atoms with E-state index in [9.17, 15) is 9.18 Å². The van der Waals surface area contributed by atoms with Gasteiger partial charge in [0.25, 0.3) is 5.91 Å². The summed E-state index contributed by atoms with van der Waals surface area (Å²) >= 11 is 0. The Hall–Kier alpha value is -1.43. The van der Waals surface area contributed by atoms with Gasteiger partial charge in [-0.1, -0.05) is 0 Å². The molecule has 4 nitrogen and oxygen atoms in total. The average Bonchev–Trinajstić information content (AvgIpc) is 3.28. The molecule has 1 saturated carbocycles. The predicted octanol–water partition coefficient (Wildman–Crippen LogP) is 2.78. The molecule has 1 heterocycles. The Morgan fingerprint density at radius 2 is 2.05 bits per heavy atom. The van der Waals surface area contributed by atoms with Crippen molar-refractivity contribution in [1.82, 2.24) is 10.3 Å². The standard InChI is InChI=1S/C15H16FN3O.2ClH/c16-10-3-4-13-11(7-10)12(15(20)18-6-5-17)8-14(19-13)9-1-2-9;;/h3-4,7-9H,1-2,5-6,17H2,(H,18,20);2*1H. The summed E-state index contributed by atoms with van der Waals surface area (Å²) in [4.78, 5) is 16.7. The molecule has 7 heteroatoms. The summed E-state index contributed by atoms with van der Waals surface area (Å²) in [6.07, 6.45) is 2.20. The first kappa shape index (κ1) is 18.6. The Labute approximate surface area is 140 Å². The SMILES string of the molecule is Cl.Cl.NCCNC(=O)c1cc(C2CC2)nc2ccc(F)cc12. The third-order valence-electron chi connectivity index (χ3n) is 3.46. The van der Waals surface area contributed by atoms with Gasteiger partial charge in [-0.3, -0.25) is 9.78 Å². The van der Waals surface area contributed by atoms with Crippen LogP contribution in [0, 0.1) is 5.82 Å². The van der Waals surface area contributed by atoms with Crippen molar-refractivity contribution in [2.45, 2.75) is 18.8 Å². The number of nitrogens with one attached hydrogen (secondary N) is 1. The fourth-order valence-electron chi connectivity index (χ4n) is 2.28. The number of hydrogen-bond donors (Lipinski definition) is 2. The molecule has 3 N–H and O–H groups in total. The molecule has 1 aromatic carbocycles. The Balaban J connectivity index is 0.00000121. The van der Waals surface area contributed by atoms with E-state index in [1.54, 1.807) is 12.1 Å². The molecule has 22 heavy (non-hydrogen) atoms. The van der Waals surface area contributed by atoms with Crippen LogP contribution >= 0.6 is 24.8 Å². The van der Waals surface area contributed by atoms with Gasteiger partial charge in [0.05, 0.1) is 11.1 Å². The number of nitrogens with two attached hydrogens (primary N) is 1. The topological polar surface area (TPSA) is 68.0 Å². The lowest BCUT2D eigenvalue weighted by molar-refractivity contribution is 0.0956. The summed E-state index contributed by atoms with van der Waals surface area (Å²) in [5.74, 6) is -0.160. The van der Waals surface area contributed by atoms with Crippen LogP contribution in [0.1, 0.15) is 34.8 Å². The minimum atomic E-state index is -0.369. The third-order valence-corrected chi connectivity index (χ3v) is 3.46. The Morgan fingerprint density at radius 3 is 2.68 bits per heavy atom. The molecule has 1 aliphatic carbocycles. The Morgan fingerprint density at radius 1 is 1.32 bits per heavy atom. The molecule has 120 valence electrons. The second kappa shape index (κ2) is 7.72. The Bertz CT molecular complexity index is 677. The van der Waals surface area contributed by atoms with Gasteiger partial charge in [-0.05, 0) is 37.1 Å². The van der Waals surface area contributed by atoms with Crippen molar-refractivity contribution in [3.8, 4) is 0 Å². The van der Waals surface area contributed by atoms with Crippen molar-refractivity contribution in [2.75, 3.05) is 13.1 Å². The summed E-state index contributed by atoms with van der Waals surface area (Å²) in [5.41, 5.74) is 7.45. The zero-order valence-corrected chi connectivity index (χ0v) is 13.5. The number of amides is 1. The molecule has 0 unspecified atom stereocenters. The van der Waals surface area contributed by atoms with Crippen LogP contribution in [0.3, 0.4) is 0 Å². The van der Waals surface area contributed by atoms with Crippen molar-refractivity contribution < 1.29 is 9.18 Å². The van der Waals surface area contributed by atoms with Crippen molar-refractivity contribution in [3.63, 3.8) is 0 Å². The number of fused-ring (bicyclic) bond motifs is 1. The highest BCUT2D eigenvalue weighted by Gasteiger charge is 2.27. The third kappa shape index (κ3) is 3.85. The van der Waals surface area contributed by atoms with E-state index in [1.165, 1.54) is 12.1 Å². The molecule has 2 aromatic rings. The summed E-state index contributed by atoms with van der Waals surface area (Å²) < 4.78 is 13.4. The van der Waals surface area contributed by atoms with Crippen LogP contribution in [0.4, 0.5) is 4.39 Å². The smallest absolute Gasteiger partial charge is 0.252 e. The summed E-state index contributed by atoms with van der Waals surface area (Å²) in [5, 5.41) is 3.28. The van der Waals surface area contributed by atoms with Crippen molar-refractivity contribution in [3.05, 3.63) is 41.3 Å². The van der Waals surface area contributed by atoms with Crippen LogP contribution in [0.15, 0.2) is 24.3 Å². The molecule has 1 amide bonds. The monoisotopic (exact) mass is 345 g/mol.